The predicted octanol–water partition coefficient (Wildman–Crippen LogP) is 3.75. The Morgan fingerprint density at radius 1 is 1.10 bits per heavy atom. The lowest BCUT2D eigenvalue weighted by Crippen LogP contribution is -2.14. The number of hydrogen-bond donors (Lipinski definition) is 1. The summed E-state index contributed by atoms with van der Waals surface area (Å²) in [6.07, 6.45) is 1.09. The zero-order chi connectivity index (χ0) is 21.5. The second kappa shape index (κ2) is 9.96. The van der Waals surface area contributed by atoms with Gasteiger partial charge < -0.3 is 19.8 Å². The van der Waals surface area contributed by atoms with Gasteiger partial charge in [-0.05, 0) is 49.6 Å². The molecule has 158 valence electrons. The van der Waals surface area contributed by atoms with Crippen molar-refractivity contribution in [2.45, 2.75) is 39.7 Å². The molecule has 0 saturated carbocycles. The minimum Gasteiger partial charge on any atom is -0.494 e. The van der Waals surface area contributed by atoms with E-state index in [0.29, 0.717) is 38.3 Å². The highest BCUT2D eigenvalue weighted by molar-refractivity contribution is 5.91. The van der Waals surface area contributed by atoms with Gasteiger partial charge >= 0.3 is 5.97 Å². The van der Waals surface area contributed by atoms with E-state index in [2.05, 4.69) is 16.7 Å². The van der Waals surface area contributed by atoms with E-state index in [9.17, 15) is 9.59 Å². The fraction of sp³-hybridized carbons (Fsp3) is 0.333. The third kappa shape index (κ3) is 5.20. The Hall–Kier alpha value is -3.28. The Morgan fingerprint density at radius 3 is 2.57 bits per heavy atom. The minimum absolute atomic E-state index is 0.177. The number of primary amides is 1. The third-order valence-corrected chi connectivity index (χ3v) is 5.06. The van der Waals surface area contributed by atoms with Crippen molar-refractivity contribution in [1.29, 1.82) is 0 Å². The Balaban J connectivity index is 1.83. The second-order valence-corrected chi connectivity index (χ2v) is 7.21. The summed E-state index contributed by atoms with van der Waals surface area (Å²) in [6, 6.07) is 16.1. The van der Waals surface area contributed by atoms with Gasteiger partial charge in [0, 0.05) is 29.6 Å². The smallest absolute Gasteiger partial charge is 0.305 e. The van der Waals surface area contributed by atoms with E-state index in [-0.39, 0.29) is 18.3 Å². The van der Waals surface area contributed by atoms with Crippen LogP contribution in [0.4, 0.5) is 0 Å². The van der Waals surface area contributed by atoms with Gasteiger partial charge in [-0.1, -0.05) is 30.3 Å². The van der Waals surface area contributed by atoms with Gasteiger partial charge in [-0.3, -0.25) is 9.59 Å². The molecule has 1 aromatic heterocycles. The van der Waals surface area contributed by atoms with Crippen molar-refractivity contribution in [3.63, 3.8) is 0 Å². The highest BCUT2D eigenvalue weighted by Gasteiger charge is 2.17. The molecule has 3 aromatic rings. The van der Waals surface area contributed by atoms with Crippen LogP contribution in [-0.4, -0.2) is 29.7 Å². The first-order chi connectivity index (χ1) is 14.5. The Bertz CT molecular complexity index is 1020. The summed E-state index contributed by atoms with van der Waals surface area (Å²) in [6.45, 7) is 5.32. The molecule has 0 aliphatic rings. The fourth-order valence-electron chi connectivity index (χ4n) is 3.63. The monoisotopic (exact) mass is 408 g/mol. The largest absolute Gasteiger partial charge is 0.494 e. The number of aromatic nitrogens is 1. The van der Waals surface area contributed by atoms with Gasteiger partial charge in [0.2, 0.25) is 5.91 Å². The standard InChI is InChI=1S/C24H28N2O4/c1-3-29-24(28)10-7-13-30-19-11-12-22-21(14-19)20(15-23(25)27)17(2)26(22)16-18-8-5-4-6-9-18/h4-6,8-9,11-12,14H,3,7,10,13,15-16H2,1-2H3,(H2,25,27). The first-order valence-electron chi connectivity index (χ1n) is 10.2. The SMILES string of the molecule is CCOC(=O)CCCOc1ccc2c(c1)c(CC(N)=O)c(C)n2Cc1ccccc1. The fourth-order valence-corrected chi connectivity index (χ4v) is 3.63. The van der Waals surface area contributed by atoms with Crippen LogP contribution in [-0.2, 0) is 27.3 Å². The van der Waals surface area contributed by atoms with Crippen molar-refractivity contribution >= 4 is 22.8 Å². The number of nitrogens with two attached hydrogens (primary N) is 1. The summed E-state index contributed by atoms with van der Waals surface area (Å²) < 4.78 is 13.0. The Kier molecular flexibility index (Phi) is 7.12. The van der Waals surface area contributed by atoms with E-state index in [1.165, 1.54) is 5.56 Å². The number of ether oxygens (including phenoxy) is 2. The minimum atomic E-state index is -0.363. The quantitative estimate of drug-likeness (QED) is 0.409. The number of nitrogens with zero attached hydrogens (tertiary/aromatic N) is 1. The Labute approximate surface area is 176 Å². The van der Waals surface area contributed by atoms with E-state index < -0.39 is 0 Å². The number of rotatable bonds is 10. The maximum Gasteiger partial charge on any atom is 0.305 e. The average Bonchev–Trinajstić information content (AvgIpc) is 2.97. The van der Waals surface area contributed by atoms with Crippen molar-refractivity contribution in [3.8, 4) is 5.75 Å². The summed E-state index contributed by atoms with van der Waals surface area (Å²) in [4.78, 5) is 23.1. The van der Waals surface area contributed by atoms with Gasteiger partial charge in [-0.25, -0.2) is 0 Å². The molecule has 1 amide bonds. The molecule has 0 saturated heterocycles. The zero-order valence-corrected chi connectivity index (χ0v) is 17.5. The summed E-state index contributed by atoms with van der Waals surface area (Å²) in [5.41, 5.74) is 9.67. The summed E-state index contributed by atoms with van der Waals surface area (Å²) in [7, 11) is 0. The number of benzene rings is 2. The molecule has 0 fully saturated rings. The van der Waals surface area contributed by atoms with Crippen LogP contribution in [0.1, 0.15) is 36.6 Å². The number of esters is 1. The van der Waals surface area contributed by atoms with Crippen molar-refractivity contribution in [2.24, 2.45) is 5.73 Å². The van der Waals surface area contributed by atoms with Gasteiger partial charge in [-0.2, -0.15) is 0 Å². The zero-order valence-electron chi connectivity index (χ0n) is 17.5. The van der Waals surface area contributed by atoms with Gasteiger partial charge in [-0.15, -0.1) is 0 Å². The molecular formula is C24H28N2O4. The van der Waals surface area contributed by atoms with Gasteiger partial charge in [0.15, 0.2) is 0 Å². The van der Waals surface area contributed by atoms with Crippen LogP contribution in [0.15, 0.2) is 48.5 Å². The van der Waals surface area contributed by atoms with Gasteiger partial charge in [0.1, 0.15) is 5.75 Å². The first-order valence-corrected chi connectivity index (χ1v) is 10.2. The van der Waals surface area contributed by atoms with Crippen LogP contribution in [0.2, 0.25) is 0 Å². The average molecular weight is 408 g/mol. The summed E-state index contributed by atoms with van der Waals surface area (Å²) >= 11 is 0. The lowest BCUT2D eigenvalue weighted by molar-refractivity contribution is -0.143. The van der Waals surface area contributed by atoms with Crippen molar-refractivity contribution in [2.75, 3.05) is 13.2 Å². The topological polar surface area (TPSA) is 83.6 Å². The second-order valence-electron chi connectivity index (χ2n) is 7.21. The molecule has 0 bridgehead atoms. The van der Waals surface area contributed by atoms with Crippen LogP contribution in [0.5, 0.6) is 5.75 Å². The molecule has 0 spiro atoms. The molecule has 6 heteroatoms. The number of carbonyl (C=O) groups excluding carboxylic acids is 2. The molecule has 2 N–H and O–H groups in total. The van der Waals surface area contributed by atoms with E-state index in [1.54, 1.807) is 6.92 Å². The van der Waals surface area contributed by atoms with E-state index in [4.69, 9.17) is 15.2 Å². The molecule has 0 aliphatic heterocycles. The lowest BCUT2D eigenvalue weighted by atomic mass is 10.1. The highest BCUT2D eigenvalue weighted by atomic mass is 16.5. The summed E-state index contributed by atoms with van der Waals surface area (Å²) in [5.74, 6) is 0.125. The number of hydrogen-bond acceptors (Lipinski definition) is 4. The predicted molar refractivity (Wildman–Crippen MR) is 116 cm³/mol. The normalized spacial score (nSPS) is 10.9. The molecule has 3 rings (SSSR count). The van der Waals surface area contributed by atoms with Crippen LogP contribution >= 0.6 is 0 Å². The van der Waals surface area contributed by atoms with E-state index >= 15 is 0 Å². The summed E-state index contributed by atoms with van der Waals surface area (Å²) in [5, 5.41) is 0.963. The third-order valence-electron chi connectivity index (χ3n) is 5.06. The molecule has 0 aliphatic carbocycles. The van der Waals surface area contributed by atoms with Crippen LogP contribution in [0.3, 0.4) is 0 Å². The van der Waals surface area contributed by atoms with Crippen LogP contribution in [0.25, 0.3) is 10.9 Å². The van der Waals surface area contributed by atoms with E-state index in [0.717, 1.165) is 22.2 Å². The highest BCUT2D eigenvalue weighted by Crippen LogP contribution is 2.30. The molecule has 1 heterocycles. The van der Waals surface area contributed by atoms with Crippen molar-refractivity contribution < 1.29 is 19.1 Å². The van der Waals surface area contributed by atoms with Crippen molar-refractivity contribution in [1.82, 2.24) is 4.57 Å². The Morgan fingerprint density at radius 2 is 1.87 bits per heavy atom. The van der Waals surface area contributed by atoms with Crippen molar-refractivity contribution in [3.05, 3.63) is 65.4 Å². The molecule has 30 heavy (non-hydrogen) atoms. The molecule has 6 nitrogen and oxygen atoms in total. The molecule has 0 atom stereocenters. The van der Waals surface area contributed by atoms with Crippen LogP contribution < -0.4 is 10.5 Å². The maximum absolute atomic E-state index is 11.7. The lowest BCUT2D eigenvalue weighted by Gasteiger charge is -2.10. The number of fused-ring (bicyclic) bond motifs is 1. The number of amides is 1. The maximum atomic E-state index is 11.7. The van der Waals surface area contributed by atoms with Gasteiger partial charge in [0.25, 0.3) is 0 Å². The number of carbonyl (C=O) groups is 2. The molecular weight excluding hydrogens is 380 g/mol. The van der Waals surface area contributed by atoms with E-state index in [1.807, 2.05) is 43.3 Å². The van der Waals surface area contributed by atoms with Gasteiger partial charge in [0.05, 0.1) is 19.6 Å². The molecule has 0 unspecified atom stereocenters. The molecule has 0 radical (unpaired) electrons. The first kappa shape index (κ1) is 21.4. The van der Waals surface area contributed by atoms with Crippen LogP contribution in [0, 0.1) is 6.92 Å². The molecule has 2 aromatic carbocycles.